The monoisotopic (exact) mass is 451 g/mol. The maximum absolute atomic E-state index is 13.9. The summed E-state index contributed by atoms with van der Waals surface area (Å²) in [6.45, 7) is 6.95. The molecule has 2 rings (SSSR count). The van der Waals surface area contributed by atoms with Gasteiger partial charge in [0.1, 0.15) is 23.2 Å². The van der Waals surface area contributed by atoms with Crippen LogP contribution in [-0.2, 0) is 4.79 Å². The second kappa shape index (κ2) is 10.3. The van der Waals surface area contributed by atoms with E-state index in [1.54, 1.807) is 13.8 Å². The van der Waals surface area contributed by atoms with Crippen molar-refractivity contribution in [3.05, 3.63) is 64.2 Å². The molecule has 1 unspecified atom stereocenters. The van der Waals surface area contributed by atoms with Crippen LogP contribution in [0.1, 0.15) is 48.4 Å². The van der Waals surface area contributed by atoms with E-state index in [-0.39, 0.29) is 28.2 Å². The van der Waals surface area contributed by atoms with Crippen molar-refractivity contribution < 1.29 is 23.2 Å². The number of halogens is 3. The van der Waals surface area contributed by atoms with Gasteiger partial charge in [-0.3, -0.25) is 14.4 Å². The van der Waals surface area contributed by atoms with Crippen molar-refractivity contribution in [2.24, 2.45) is 5.92 Å². The molecule has 0 saturated heterocycles. The lowest BCUT2D eigenvalue weighted by atomic mass is 10.0. The summed E-state index contributed by atoms with van der Waals surface area (Å²) >= 11 is 6.15. The first-order valence-electron chi connectivity index (χ1n) is 9.67. The molecule has 31 heavy (non-hydrogen) atoms. The number of nitrogens with one attached hydrogen (secondary N) is 3. The highest BCUT2D eigenvalue weighted by Crippen LogP contribution is 2.24. The van der Waals surface area contributed by atoms with Crippen LogP contribution in [0.5, 0.6) is 0 Å². The highest BCUT2D eigenvalue weighted by Gasteiger charge is 2.28. The Balaban J connectivity index is 2.23. The molecule has 0 saturated carbocycles. The largest absolute Gasteiger partial charge is 0.350 e. The van der Waals surface area contributed by atoms with Crippen LogP contribution in [0.2, 0.25) is 5.02 Å². The van der Waals surface area contributed by atoms with Crippen LogP contribution < -0.4 is 16.0 Å². The predicted molar refractivity (Wildman–Crippen MR) is 115 cm³/mol. The van der Waals surface area contributed by atoms with Gasteiger partial charge in [-0.25, -0.2) is 8.78 Å². The molecule has 2 aromatic carbocycles. The van der Waals surface area contributed by atoms with E-state index in [2.05, 4.69) is 16.0 Å². The van der Waals surface area contributed by atoms with Gasteiger partial charge in [0.25, 0.3) is 11.8 Å². The summed E-state index contributed by atoms with van der Waals surface area (Å²) in [7, 11) is 0. The summed E-state index contributed by atoms with van der Waals surface area (Å²) in [4.78, 5) is 37.5. The third kappa shape index (κ3) is 6.24. The zero-order chi connectivity index (χ0) is 23.3. The molecule has 0 fully saturated rings. The Bertz CT molecular complexity index is 976. The van der Waals surface area contributed by atoms with Crippen molar-refractivity contribution in [1.82, 2.24) is 10.6 Å². The Labute approximate surface area is 184 Å². The summed E-state index contributed by atoms with van der Waals surface area (Å²) in [6, 6.07) is 6.23. The van der Waals surface area contributed by atoms with Gasteiger partial charge in [0.15, 0.2) is 0 Å². The first-order valence-corrected chi connectivity index (χ1v) is 10.0. The molecule has 3 N–H and O–H groups in total. The molecule has 1 atom stereocenters. The maximum atomic E-state index is 13.9. The minimum atomic E-state index is -1.12. The number of anilines is 1. The van der Waals surface area contributed by atoms with E-state index in [1.807, 2.05) is 13.8 Å². The van der Waals surface area contributed by atoms with Crippen molar-refractivity contribution in [3.8, 4) is 0 Å². The van der Waals surface area contributed by atoms with E-state index in [0.29, 0.717) is 0 Å². The third-order valence-electron chi connectivity index (χ3n) is 4.33. The van der Waals surface area contributed by atoms with Gasteiger partial charge < -0.3 is 16.0 Å². The van der Waals surface area contributed by atoms with Gasteiger partial charge in [-0.2, -0.15) is 0 Å². The Morgan fingerprint density at radius 1 is 0.903 bits per heavy atom. The van der Waals surface area contributed by atoms with Gasteiger partial charge in [0, 0.05) is 11.6 Å². The van der Waals surface area contributed by atoms with E-state index in [0.717, 1.165) is 18.2 Å². The fourth-order valence-corrected chi connectivity index (χ4v) is 2.95. The first kappa shape index (κ1) is 24.3. The molecule has 0 aliphatic rings. The van der Waals surface area contributed by atoms with E-state index in [9.17, 15) is 23.2 Å². The van der Waals surface area contributed by atoms with Gasteiger partial charge in [-0.05, 0) is 50.1 Å². The fourth-order valence-electron chi connectivity index (χ4n) is 2.78. The summed E-state index contributed by atoms with van der Waals surface area (Å²) in [5.41, 5.74) is -0.321. The number of hydrogen-bond acceptors (Lipinski definition) is 3. The van der Waals surface area contributed by atoms with Crippen molar-refractivity contribution >= 4 is 35.0 Å². The third-order valence-corrected chi connectivity index (χ3v) is 4.66. The van der Waals surface area contributed by atoms with Crippen LogP contribution in [0.25, 0.3) is 0 Å². The van der Waals surface area contributed by atoms with Crippen molar-refractivity contribution in [2.45, 2.75) is 39.8 Å². The molecule has 0 radical (unpaired) electrons. The minimum absolute atomic E-state index is 0.0828. The highest BCUT2D eigenvalue weighted by atomic mass is 35.5. The van der Waals surface area contributed by atoms with E-state index < -0.39 is 41.0 Å². The van der Waals surface area contributed by atoms with Crippen molar-refractivity contribution in [3.63, 3.8) is 0 Å². The predicted octanol–water partition coefficient (Wildman–Crippen LogP) is 4.15. The van der Waals surface area contributed by atoms with Gasteiger partial charge in [-0.15, -0.1) is 0 Å². The smallest absolute Gasteiger partial charge is 0.257 e. The number of amides is 3. The second-order valence-corrected chi connectivity index (χ2v) is 8.01. The van der Waals surface area contributed by atoms with Gasteiger partial charge in [-0.1, -0.05) is 31.5 Å². The molecule has 0 spiro atoms. The maximum Gasteiger partial charge on any atom is 0.257 e. The first-order chi connectivity index (χ1) is 14.5. The van der Waals surface area contributed by atoms with E-state index in [1.165, 1.54) is 18.2 Å². The van der Waals surface area contributed by atoms with Gasteiger partial charge in [0.2, 0.25) is 5.91 Å². The van der Waals surface area contributed by atoms with Crippen LogP contribution >= 0.6 is 11.6 Å². The van der Waals surface area contributed by atoms with E-state index >= 15 is 0 Å². The SMILES string of the molecule is CC(C)NC(=O)c1ccc(Cl)c(NC(=O)C(NC(=O)c2c(F)cccc2F)C(C)C)c1. The number of rotatable bonds is 7. The Morgan fingerprint density at radius 2 is 1.52 bits per heavy atom. The molecular weight excluding hydrogens is 428 g/mol. The summed E-state index contributed by atoms with van der Waals surface area (Å²) < 4.78 is 27.8. The number of hydrogen-bond donors (Lipinski definition) is 3. The molecule has 166 valence electrons. The second-order valence-electron chi connectivity index (χ2n) is 7.60. The lowest BCUT2D eigenvalue weighted by molar-refractivity contribution is -0.118. The minimum Gasteiger partial charge on any atom is -0.350 e. The Hall–Kier alpha value is -3.00. The van der Waals surface area contributed by atoms with Crippen LogP contribution in [-0.4, -0.2) is 29.8 Å². The molecule has 0 aliphatic carbocycles. The summed E-state index contributed by atoms with van der Waals surface area (Å²) in [5, 5.41) is 7.85. The molecular formula is C22H24ClF2N3O3. The zero-order valence-electron chi connectivity index (χ0n) is 17.6. The number of carbonyl (C=O) groups excluding carboxylic acids is 3. The highest BCUT2D eigenvalue weighted by molar-refractivity contribution is 6.34. The normalized spacial score (nSPS) is 11.9. The quantitative estimate of drug-likeness (QED) is 0.591. The summed E-state index contributed by atoms with van der Waals surface area (Å²) in [5.74, 6) is -4.53. The lowest BCUT2D eigenvalue weighted by Gasteiger charge is -2.22. The average molecular weight is 452 g/mol. The molecule has 0 aromatic heterocycles. The lowest BCUT2D eigenvalue weighted by Crippen LogP contribution is -2.47. The summed E-state index contributed by atoms with van der Waals surface area (Å²) in [6.07, 6.45) is 0. The van der Waals surface area contributed by atoms with Crippen LogP contribution in [0.3, 0.4) is 0 Å². The standard InChI is InChI=1S/C22H24ClF2N3O3/c1-11(2)19(28-21(30)18-15(24)6-5-7-16(18)25)22(31)27-17-10-13(8-9-14(17)23)20(29)26-12(3)4/h5-12,19H,1-4H3,(H,26,29)(H,27,31)(H,28,30). The number of carbonyl (C=O) groups is 3. The molecule has 0 heterocycles. The van der Waals surface area contributed by atoms with Gasteiger partial charge in [0.05, 0.1) is 10.7 Å². The van der Waals surface area contributed by atoms with Crippen LogP contribution in [0.4, 0.5) is 14.5 Å². The van der Waals surface area contributed by atoms with Crippen LogP contribution in [0, 0.1) is 17.6 Å². The fraction of sp³-hybridized carbons (Fsp3) is 0.318. The molecule has 9 heteroatoms. The molecule has 0 aliphatic heterocycles. The number of benzene rings is 2. The molecule has 0 bridgehead atoms. The molecule has 3 amide bonds. The molecule has 6 nitrogen and oxygen atoms in total. The Morgan fingerprint density at radius 3 is 2.06 bits per heavy atom. The zero-order valence-corrected chi connectivity index (χ0v) is 18.3. The van der Waals surface area contributed by atoms with E-state index in [4.69, 9.17) is 11.6 Å². The van der Waals surface area contributed by atoms with Gasteiger partial charge >= 0.3 is 0 Å². The van der Waals surface area contributed by atoms with Crippen molar-refractivity contribution in [2.75, 3.05) is 5.32 Å². The molecule has 2 aromatic rings. The average Bonchev–Trinajstić information content (AvgIpc) is 2.66. The Kier molecular flexibility index (Phi) is 8.10. The van der Waals surface area contributed by atoms with Crippen LogP contribution in [0.15, 0.2) is 36.4 Å². The van der Waals surface area contributed by atoms with Crippen molar-refractivity contribution in [1.29, 1.82) is 0 Å². The topological polar surface area (TPSA) is 87.3 Å².